The molecule has 5 heteroatoms. The maximum absolute atomic E-state index is 12.3. The summed E-state index contributed by atoms with van der Waals surface area (Å²) in [5.41, 5.74) is 0.620. The van der Waals surface area contributed by atoms with Crippen LogP contribution in [-0.4, -0.2) is 36.4 Å². The van der Waals surface area contributed by atoms with E-state index in [1.807, 2.05) is 12.1 Å². The van der Waals surface area contributed by atoms with Crippen LogP contribution in [0.25, 0.3) is 0 Å². The number of hydrogen-bond acceptors (Lipinski definition) is 2. The fourth-order valence-electron chi connectivity index (χ4n) is 1.87. The fourth-order valence-corrected chi connectivity index (χ4v) is 2.55. The molecule has 1 saturated heterocycles. The van der Waals surface area contributed by atoms with E-state index in [2.05, 4.69) is 15.9 Å². The van der Waals surface area contributed by atoms with Crippen molar-refractivity contribution >= 4 is 33.4 Å². The normalized spacial score (nSPS) is 19.5. The highest BCUT2D eigenvalue weighted by molar-refractivity contribution is 9.10. The molecule has 3 nitrogen and oxygen atoms in total. The highest BCUT2D eigenvalue weighted by atomic mass is 79.9. The van der Waals surface area contributed by atoms with Crippen LogP contribution in [0.1, 0.15) is 16.8 Å². The van der Waals surface area contributed by atoms with Gasteiger partial charge in [-0.05, 0) is 40.5 Å². The molecule has 1 atom stereocenters. The Kier molecular flexibility index (Phi) is 3.94. The third-order valence-electron chi connectivity index (χ3n) is 2.82. The molecule has 1 unspecified atom stereocenters. The maximum Gasteiger partial charge on any atom is 0.255 e. The average Bonchev–Trinajstić information content (AvgIpc) is 2.76. The van der Waals surface area contributed by atoms with Crippen LogP contribution < -0.4 is 4.74 Å². The van der Waals surface area contributed by atoms with Crippen LogP contribution in [0.3, 0.4) is 0 Å². The third kappa shape index (κ3) is 2.75. The first kappa shape index (κ1) is 12.7. The zero-order chi connectivity index (χ0) is 12.4. The predicted octanol–water partition coefficient (Wildman–Crippen LogP) is 2.91. The molecule has 0 spiro atoms. The quantitative estimate of drug-likeness (QED) is 0.785. The Hall–Kier alpha value is -0.740. The zero-order valence-electron chi connectivity index (χ0n) is 9.45. The van der Waals surface area contributed by atoms with E-state index in [9.17, 15) is 4.79 Å². The van der Waals surface area contributed by atoms with Gasteiger partial charge in [0.2, 0.25) is 0 Å². The Morgan fingerprint density at radius 1 is 1.59 bits per heavy atom. The van der Waals surface area contributed by atoms with Crippen LogP contribution in [0.15, 0.2) is 22.7 Å². The molecule has 1 aromatic rings. The van der Waals surface area contributed by atoms with E-state index in [0.29, 0.717) is 17.9 Å². The van der Waals surface area contributed by atoms with Crippen LogP contribution in [-0.2, 0) is 0 Å². The first-order valence-corrected chi connectivity index (χ1v) is 6.61. The first-order valence-electron chi connectivity index (χ1n) is 5.38. The van der Waals surface area contributed by atoms with Crippen molar-refractivity contribution in [2.24, 2.45) is 0 Å². The molecule has 17 heavy (non-hydrogen) atoms. The summed E-state index contributed by atoms with van der Waals surface area (Å²) >= 11 is 9.39. The zero-order valence-corrected chi connectivity index (χ0v) is 11.8. The predicted molar refractivity (Wildman–Crippen MR) is 70.9 cm³/mol. The second-order valence-electron chi connectivity index (χ2n) is 3.98. The summed E-state index contributed by atoms with van der Waals surface area (Å²) in [6.07, 6.45) is 0.856. The minimum atomic E-state index is -0.000995. The SMILES string of the molecule is COc1ccc(Br)c(C(=O)N2CCC(Cl)C2)c1. The Bertz CT molecular complexity index is 439. The molecule has 2 rings (SSSR count). The monoisotopic (exact) mass is 317 g/mol. The number of halogens is 2. The highest BCUT2D eigenvalue weighted by Gasteiger charge is 2.26. The number of carbonyl (C=O) groups is 1. The molecule has 1 heterocycles. The van der Waals surface area contributed by atoms with E-state index >= 15 is 0 Å². The van der Waals surface area contributed by atoms with Crippen molar-refractivity contribution in [1.82, 2.24) is 4.90 Å². The molecule has 92 valence electrons. The van der Waals surface area contributed by atoms with Crippen molar-refractivity contribution in [2.45, 2.75) is 11.8 Å². The Morgan fingerprint density at radius 3 is 2.94 bits per heavy atom. The number of alkyl halides is 1. The number of amides is 1. The lowest BCUT2D eigenvalue weighted by Gasteiger charge is -2.16. The number of hydrogen-bond donors (Lipinski definition) is 0. The molecule has 1 aliphatic rings. The minimum absolute atomic E-state index is 0.000995. The van der Waals surface area contributed by atoms with E-state index < -0.39 is 0 Å². The number of nitrogens with zero attached hydrogens (tertiary/aromatic N) is 1. The van der Waals surface area contributed by atoms with Gasteiger partial charge < -0.3 is 9.64 Å². The van der Waals surface area contributed by atoms with Gasteiger partial charge in [-0.3, -0.25) is 4.79 Å². The summed E-state index contributed by atoms with van der Waals surface area (Å²) in [6.45, 7) is 1.33. The molecule has 1 fully saturated rings. The Labute approximate surface area is 114 Å². The van der Waals surface area contributed by atoms with Crippen molar-refractivity contribution < 1.29 is 9.53 Å². The summed E-state index contributed by atoms with van der Waals surface area (Å²) in [6, 6.07) is 5.38. The molecule has 0 aromatic heterocycles. The van der Waals surface area contributed by atoms with Gasteiger partial charge in [-0.2, -0.15) is 0 Å². The van der Waals surface area contributed by atoms with Gasteiger partial charge in [0, 0.05) is 17.6 Å². The van der Waals surface area contributed by atoms with Crippen molar-refractivity contribution in [3.05, 3.63) is 28.2 Å². The smallest absolute Gasteiger partial charge is 0.255 e. The molecular formula is C12H13BrClNO2. The van der Waals surface area contributed by atoms with Gasteiger partial charge in [-0.15, -0.1) is 11.6 Å². The number of methoxy groups -OCH3 is 1. The van der Waals surface area contributed by atoms with Gasteiger partial charge in [-0.25, -0.2) is 0 Å². The second-order valence-corrected chi connectivity index (χ2v) is 5.45. The van der Waals surface area contributed by atoms with Gasteiger partial charge in [0.05, 0.1) is 18.1 Å². The third-order valence-corrected chi connectivity index (χ3v) is 3.87. The molecule has 0 aliphatic carbocycles. The standard InChI is InChI=1S/C12H13BrClNO2/c1-17-9-2-3-11(13)10(6-9)12(16)15-5-4-8(14)7-15/h2-3,6,8H,4-5,7H2,1H3. The number of benzene rings is 1. The van der Waals surface area contributed by atoms with E-state index in [0.717, 1.165) is 17.4 Å². The molecule has 0 radical (unpaired) electrons. The molecule has 0 N–H and O–H groups in total. The lowest BCUT2D eigenvalue weighted by Crippen LogP contribution is -2.29. The van der Waals surface area contributed by atoms with Crippen LogP contribution >= 0.6 is 27.5 Å². The summed E-state index contributed by atoms with van der Waals surface area (Å²) in [7, 11) is 1.59. The first-order chi connectivity index (χ1) is 8.11. The summed E-state index contributed by atoms with van der Waals surface area (Å²) in [5.74, 6) is 0.678. The molecule has 0 saturated carbocycles. The van der Waals surface area contributed by atoms with Gasteiger partial charge in [0.25, 0.3) is 5.91 Å². The van der Waals surface area contributed by atoms with Crippen molar-refractivity contribution in [3.8, 4) is 5.75 Å². The van der Waals surface area contributed by atoms with Crippen LogP contribution in [0.5, 0.6) is 5.75 Å². The summed E-state index contributed by atoms with van der Waals surface area (Å²) in [4.78, 5) is 14.0. The van der Waals surface area contributed by atoms with Crippen LogP contribution in [0, 0.1) is 0 Å². The molecular weight excluding hydrogens is 305 g/mol. The number of carbonyl (C=O) groups excluding carboxylic acids is 1. The van der Waals surface area contributed by atoms with Gasteiger partial charge in [-0.1, -0.05) is 0 Å². The van der Waals surface area contributed by atoms with Gasteiger partial charge in [0.1, 0.15) is 5.75 Å². The topological polar surface area (TPSA) is 29.5 Å². The van der Waals surface area contributed by atoms with E-state index in [4.69, 9.17) is 16.3 Å². The number of rotatable bonds is 2. The Balaban J connectivity index is 2.24. The van der Waals surface area contributed by atoms with Crippen molar-refractivity contribution in [1.29, 1.82) is 0 Å². The van der Waals surface area contributed by atoms with Gasteiger partial charge >= 0.3 is 0 Å². The van der Waals surface area contributed by atoms with E-state index in [1.54, 1.807) is 18.1 Å². The molecule has 1 amide bonds. The fraction of sp³-hybridized carbons (Fsp3) is 0.417. The highest BCUT2D eigenvalue weighted by Crippen LogP contribution is 2.25. The lowest BCUT2D eigenvalue weighted by molar-refractivity contribution is 0.0792. The Morgan fingerprint density at radius 2 is 2.35 bits per heavy atom. The lowest BCUT2D eigenvalue weighted by atomic mass is 10.2. The van der Waals surface area contributed by atoms with Gasteiger partial charge in [0.15, 0.2) is 0 Å². The molecule has 1 aliphatic heterocycles. The maximum atomic E-state index is 12.3. The largest absolute Gasteiger partial charge is 0.497 e. The number of likely N-dealkylation sites (tertiary alicyclic amines) is 1. The summed E-state index contributed by atoms with van der Waals surface area (Å²) < 4.78 is 5.91. The van der Waals surface area contributed by atoms with Crippen LogP contribution in [0.2, 0.25) is 0 Å². The minimum Gasteiger partial charge on any atom is -0.497 e. The second kappa shape index (κ2) is 5.27. The number of ether oxygens (including phenoxy) is 1. The molecule has 1 aromatic carbocycles. The summed E-state index contributed by atoms with van der Waals surface area (Å²) in [5, 5.41) is 0.0725. The molecule has 0 bridgehead atoms. The average molecular weight is 319 g/mol. The van der Waals surface area contributed by atoms with Crippen molar-refractivity contribution in [3.63, 3.8) is 0 Å². The van der Waals surface area contributed by atoms with E-state index in [1.165, 1.54) is 0 Å². The van der Waals surface area contributed by atoms with E-state index in [-0.39, 0.29) is 11.3 Å². The van der Waals surface area contributed by atoms with Crippen LogP contribution in [0.4, 0.5) is 0 Å². The van der Waals surface area contributed by atoms with Crippen molar-refractivity contribution in [2.75, 3.05) is 20.2 Å².